The van der Waals surface area contributed by atoms with Crippen molar-refractivity contribution in [2.24, 2.45) is 0 Å². The Morgan fingerprint density at radius 2 is 1.79 bits per heavy atom. The molecule has 0 saturated heterocycles. The number of benzene rings is 2. The number of rotatable bonds is 5. The van der Waals surface area contributed by atoms with Gasteiger partial charge in [-0.2, -0.15) is 0 Å². The number of hydrogen-bond donors (Lipinski definition) is 1. The van der Waals surface area contributed by atoms with Crippen molar-refractivity contribution in [1.29, 1.82) is 0 Å². The number of aryl methyl sites for hydroxylation is 1. The molecule has 1 N–H and O–H groups in total. The number of nitrogens with one attached hydrogen (secondary N) is 1. The second-order valence-electron chi connectivity index (χ2n) is 5.58. The molecule has 0 aliphatic heterocycles. The monoisotopic (exact) mass is 339 g/mol. The van der Waals surface area contributed by atoms with Gasteiger partial charge in [0.2, 0.25) is 0 Å². The minimum atomic E-state index is -0.118. The first-order chi connectivity index (χ1) is 11.6. The molecule has 0 atom stereocenters. The molecule has 1 aromatic heterocycles. The van der Waals surface area contributed by atoms with Crippen molar-refractivity contribution in [1.82, 2.24) is 5.32 Å². The Kier molecular flexibility index (Phi) is 5.02. The molecule has 3 nitrogen and oxygen atoms in total. The molecule has 3 rings (SSSR count). The number of carbonyl (C=O) groups excluding carboxylic acids is 1. The largest absolute Gasteiger partial charge is 0.461 e. The zero-order valence-electron chi connectivity index (χ0n) is 13.4. The van der Waals surface area contributed by atoms with Gasteiger partial charge in [0.05, 0.1) is 5.56 Å². The number of amides is 1. The van der Waals surface area contributed by atoms with Crippen molar-refractivity contribution in [2.45, 2.75) is 13.3 Å². The minimum absolute atomic E-state index is 0.118. The quantitative estimate of drug-likeness (QED) is 0.719. The molecule has 1 amide bonds. The minimum Gasteiger partial charge on any atom is -0.461 e. The van der Waals surface area contributed by atoms with Crippen molar-refractivity contribution in [2.75, 3.05) is 6.54 Å². The Labute approximate surface area is 146 Å². The summed E-state index contributed by atoms with van der Waals surface area (Å²) in [5, 5.41) is 3.61. The highest BCUT2D eigenvalue weighted by Crippen LogP contribution is 2.26. The van der Waals surface area contributed by atoms with Crippen LogP contribution in [0, 0.1) is 6.92 Å². The van der Waals surface area contributed by atoms with Crippen LogP contribution in [-0.2, 0) is 6.42 Å². The molecule has 3 aromatic rings. The van der Waals surface area contributed by atoms with E-state index < -0.39 is 0 Å². The lowest BCUT2D eigenvalue weighted by atomic mass is 10.1. The van der Waals surface area contributed by atoms with Gasteiger partial charge >= 0.3 is 0 Å². The van der Waals surface area contributed by atoms with Crippen molar-refractivity contribution in [3.05, 3.63) is 82.6 Å². The summed E-state index contributed by atoms with van der Waals surface area (Å²) in [6.07, 6.45) is 0.799. The van der Waals surface area contributed by atoms with Gasteiger partial charge in [-0.05, 0) is 49.2 Å². The second kappa shape index (κ2) is 7.37. The van der Waals surface area contributed by atoms with E-state index in [-0.39, 0.29) is 5.91 Å². The van der Waals surface area contributed by atoms with E-state index in [0.29, 0.717) is 28.7 Å². The van der Waals surface area contributed by atoms with Crippen LogP contribution in [0.15, 0.2) is 65.1 Å². The molecule has 2 aromatic carbocycles. The van der Waals surface area contributed by atoms with Crippen molar-refractivity contribution in [3.63, 3.8) is 0 Å². The standard InChI is InChI=1S/C20H18ClNO2/c1-14-18(13-19(24-14)16-7-9-17(21)10-8-16)20(23)22-12-11-15-5-3-2-4-6-15/h2-10,13H,11-12H2,1H3,(H,22,23). The molecular weight excluding hydrogens is 322 g/mol. The van der Waals surface area contributed by atoms with Gasteiger partial charge in [-0.25, -0.2) is 0 Å². The van der Waals surface area contributed by atoms with Gasteiger partial charge in [-0.15, -0.1) is 0 Å². The number of halogens is 1. The maximum atomic E-state index is 12.4. The fourth-order valence-electron chi connectivity index (χ4n) is 2.52. The highest BCUT2D eigenvalue weighted by Gasteiger charge is 2.15. The molecule has 122 valence electrons. The molecule has 0 bridgehead atoms. The van der Waals surface area contributed by atoms with E-state index in [4.69, 9.17) is 16.0 Å². The predicted octanol–water partition coefficient (Wildman–Crippen LogP) is 4.88. The molecule has 24 heavy (non-hydrogen) atoms. The summed E-state index contributed by atoms with van der Waals surface area (Å²) in [7, 11) is 0. The third-order valence-corrected chi connectivity index (χ3v) is 4.09. The van der Waals surface area contributed by atoms with Crippen LogP contribution in [0.3, 0.4) is 0 Å². The summed E-state index contributed by atoms with van der Waals surface area (Å²) >= 11 is 5.90. The van der Waals surface area contributed by atoms with Crippen LogP contribution in [0.1, 0.15) is 21.7 Å². The molecule has 0 spiro atoms. The van der Waals surface area contributed by atoms with Gasteiger partial charge in [0.1, 0.15) is 11.5 Å². The van der Waals surface area contributed by atoms with Crippen LogP contribution in [0.2, 0.25) is 5.02 Å². The van der Waals surface area contributed by atoms with Gasteiger partial charge in [-0.1, -0.05) is 41.9 Å². The highest BCUT2D eigenvalue weighted by atomic mass is 35.5. The van der Waals surface area contributed by atoms with Gasteiger partial charge in [0.25, 0.3) is 5.91 Å². The maximum absolute atomic E-state index is 12.4. The van der Waals surface area contributed by atoms with Crippen LogP contribution in [0.25, 0.3) is 11.3 Å². The van der Waals surface area contributed by atoms with E-state index in [2.05, 4.69) is 5.32 Å². The van der Waals surface area contributed by atoms with E-state index in [1.54, 1.807) is 25.1 Å². The molecule has 0 aliphatic rings. The molecule has 0 saturated carbocycles. The number of hydrogen-bond acceptors (Lipinski definition) is 2. The molecule has 4 heteroatoms. The third-order valence-electron chi connectivity index (χ3n) is 3.83. The summed E-state index contributed by atoms with van der Waals surface area (Å²) in [4.78, 5) is 12.4. The summed E-state index contributed by atoms with van der Waals surface area (Å²) in [5.74, 6) is 1.15. The topological polar surface area (TPSA) is 42.2 Å². The molecule has 0 aliphatic carbocycles. The third kappa shape index (κ3) is 3.87. The van der Waals surface area contributed by atoms with Gasteiger partial charge in [-0.3, -0.25) is 4.79 Å². The van der Waals surface area contributed by atoms with Crippen LogP contribution >= 0.6 is 11.6 Å². The van der Waals surface area contributed by atoms with Crippen LogP contribution in [0.5, 0.6) is 0 Å². The molecule has 0 fully saturated rings. The maximum Gasteiger partial charge on any atom is 0.254 e. The summed E-state index contributed by atoms with van der Waals surface area (Å²) in [6, 6.07) is 19.2. The Balaban J connectivity index is 1.66. The van der Waals surface area contributed by atoms with Crippen molar-refractivity contribution in [3.8, 4) is 11.3 Å². The lowest BCUT2D eigenvalue weighted by Crippen LogP contribution is -2.25. The van der Waals surface area contributed by atoms with E-state index in [1.807, 2.05) is 42.5 Å². The average molecular weight is 340 g/mol. The lowest BCUT2D eigenvalue weighted by Gasteiger charge is -2.04. The lowest BCUT2D eigenvalue weighted by molar-refractivity contribution is 0.0952. The van der Waals surface area contributed by atoms with Crippen molar-refractivity contribution < 1.29 is 9.21 Å². The Morgan fingerprint density at radius 3 is 2.50 bits per heavy atom. The normalized spacial score (nSPS) is 10.6. The van der Waals surface area contributed by atoms with E-state index in [9.17, 15) is 4.79 Å². The highest BCUT2D eigenvalue weighted by molar-refractivity contribution is 6.30. The SMILES string of the molecule is Cc1oc(-c2ccc(Cl)cc2)cc1C(=O)NCCc1ccccc1. The summed E-state index contributed by atoms with van der Waals surface area (Å²) in [5.41, 5.74) is 2.66. The first-order valence-corrected chi connectivity index (χ1v) is 8.20. The van der Waals surface area contributed by atoms with E-state index >= 15 is 0 Å². The Bertz CT molecular complexity index is 823. The Morgan fingerprint density at radius 1 is 1.08 bits per heavy atom. The van der Waals surface area contributed by atoms with Crippen LogP contribution in [0.4, 0.5) is 0 Å². The second-order valence-corrected chi connectivity index (χ2v) is 6.02. The molecular formula is C20H18ClNO2. The zero-order valence-corrected chi connectivity index (χ0v) is 14.1. The predicted molar refractivity (Wildman–Crippen MR) is 96.4 cm³/mol. The van der Waals surface area contributed by atoms with E-state index in [1.165, 1.54) is 5.56 Å². The first kappa shape index (κ1) is 16.3. The van der Waals surface area contributed by atoms with Crippen LogP contribution < -0.4 is 5.32 Å². The average Bonchev–Trinajstić information content (AvgIpc) is 2.98. The fourth-order valence-corrected chi connectivity index (χ4v) is 2.65. The molecule has 0 unspecified atom stereocenters. The fraction of sp³-hybridized carbons (Fsp3) is 0.150. The summed E-state index contributed by atoms with van der Waals surface area (Å²) < 4.78 is 5.72. The number of furan rings is 1. The van der Waals surface area contributed by atoms with E-state index in [0.717, 1.165) is 12.0 Å². The first-order valence-electron chi connectivity index (χ1n) is 7.82. The van der Waals surface area contributed by atoms with Gasteiger partial charge in [0, 0.05) is 17.1 Å². The smallest absolute Gasteiger partial charge is 0.254 e. The van der Waals surface area contributed by atoms with Gasteiger partial charge < -0.3 is 9.73 Å². The van der Waals surface area contributed by atoms with Crippen LogP contribution in [-0.4, -0.2) is 12.5 Å². The number of carbonyl (C=O) groups is 1. The molecule has 0 radical (unpaired) electrons. The Hall–Kier alpha value is -2.52. The molecule has 1 heterocycles. The summed E-state index contributed by atoms with van der Waals surface area (Å²) in [6.45, 7) is 2.38. The van der Waals surface area contributed by atoms with Crippen molar-refractivity contribution >= 4 is 17.5 Å². The zero-order chi connectivity index (χ0) is 16.9. The van der Waals surface area contributed by atoms with Gasteiger partial charge in [0.15, 0.2) is 0 Å².